The Morgan fingerprint density at radius 3 is 2.23 bits per heavy atom. The zero-order valence-electron chi connectivity index (χ0n) is 17.9. The summed E-state index contributed by atoms with van der Waals surface area (Å²) in [5, 5.41) is 0. The van der Waals surface area contributed by atoms with E-state index in [0.29, 0.717) is 0 Å². The molecule has 1 aliphatic rings. The lowest BCUT2D eigenvalue weighted by atomic mass is 9.99. The largest absolute Gasteiger partial charge is 0.305 e. The van der Waals surface area contributed by atoms with Crippen LogP contribution in [-0.2, 0) is 6.54 Å². The number of amides is 1. The second kappa shape index (κ2) is 9.27. The topological polar surface area (TPSA) is 23.6 Å². The number of hydrogen-bond donors (Lipinski definition) is 0. The fourth-order valence-electron chi connectivity index (χ4n) is 4.28. The average molecular weight is 399 g/mol. The van der Waals surface area contributed by atoms with Gasteiger partial charge in [-0.05, 0) is 62.1 Å². The summed E-state index contributed by atoms with van der Waals surface area (Å²) in [5.74, 6) is 0.0955. The fourth-order valence-corrected chi connectivity index (χ4v) is 4.28. The maximum Gasteiger partial charge on any atom is 0.258 e. The van der Waals surface area contributed by atoms with Gasteiger partial charge in [-0.25, -0.2) is 0 Å². The first kappa shape index (κ1) is 20.4. The third-order valence-electron chi connectivity index (χ3n) is 5.97. The molecule has 3 heteroatoms. The number of carbonyl (C=O) groups excluding carboxylic acids is 1. The number of anilines is 1. The lowest BCUT2D eigenvalue weighted by molar-refractivity contribution is 0.0958. The van der Waals surface area contributed by atoms with Gasteiger partial charge in [0, 0.05) is 36.9 Å². The molecule has 4 rings (SSSR count). The van der Waals surface area contributed by atoms with Crippen LogP contribution < -0.4 is 4.90 Å². The van der Waals surface area contributed by atoms with Gasteiger partial charge in [-0.2, -0.15) is 0 Å². The zero-order chi connectivity index (χ0) is 20.9. The Labute approximate surface area is 180 Å². The summed E-state index contributed by atoms with van der Waals surface area (Å²) in [6, 6.07) is 27.0. The summed E-state index contributed by atoms with van der Waals surface area (Å²) in [5.41, 5.74) is 5.58. The Morgan fingerprint density at radius 1 is 0.867 bits per heavy atom. The van der Waals surface area contributed by atoms with E-state index < -0.39 is 0 Å². The Bertz CT molecular complexity index is 973. The fraction of sp³-hybridized carbons (Fsp3) is 0.296. The highest BCUT2D eigenvalue weighted by Crippen LogP contribution is 2.27. The van der Waals surface area contributed by atoms with Crippen LogP contribution in [0.4, 0.5) is 5.69 Å². The van der Waals surface area contributed by atoms with Gasteiger partial charge in [-0.1, -0.05) is 60.2 Å². The highest BCUT2D eigenvalue weighted by molar-refractivity contribution is 6.06. The SMILES string of the molecule is Cc1ccc(CN2CCC(N(C(=O)c3ccccc3)c3cccc(C)c3)CC2)cc1. The van der Waals surface area contributed by atoms with Crippen LogP contribution in [0.3, 0.4) is 0 Å². The summed E-state index contributed by atoms with van der Waals surface area (Å²) >= 11 is 0. The van der Waals surface area contributed by atoms with E-state index in [1.165, 1.54) is 16.7 Å². The molecular formula is C27H30N2O. The molecule has 1 saturated heterocycles. The summed E-state index contributed by atoms with van der Waals surface area (Å²) < 4.78 is 0. The second-order valence-electron chi connectivity index (χ2n) is 8.37. The maximum absolute atomic E-state index is 13.5. The minimum Gasteiger partial charge on any atom is -0.305 e. The van der Waals surface area contributed by atoms with Gasteiger partial charge < -0.3 is 4.90 Å². The van der Waals surface area contributed by atoms with Crippen molar-refractivity contribution < 1.29 is 4.79 Å². The highest BCUT2D eigenvalue weighted by atomic mass is 16.2. The van der Waals surface area contributed by atoms with E-state index in [0.717, 1.165) is 43.7 Å². The first-order chi connectivity index (χ1) is 14.6. The van der Waals surface area contributed by atoms with Gasteiger partial charge in [-0.15, -0.1) is 0 Å². The van der Waals surface area contributed by atoms with Crippen LogP contribution in [-0.4, -0.2) is 29.9 Å². The number of nitrogens with zero attached hydrogens (tertiary/aromatic N) is 2. The molecule has 0 radical (unpaired) electrons. The van der Waals surface area contributed by atoms with Crippen molar-refractivity contribution in [2.24, 2.45) is 0 Å². The summed E-state index contributed by atoms with van der Waals surface area (Å²) in [4.78, 5) is 18.0. The van der Waals surface area contributed by atoms with Gasteiger partial charge >= 0.3 is 0 Å². The molecule has 0 atom stereocenters. The first-order valence-electron chi connectivity index (χ1n) is 10.8. The van der Waals surface area contributed by atoms with Crippen LogP contribution in [0, 0.1) is 13.8 Å². The van der Waals surface area contributed by atoms with Gasteiger partial charge in [0.1, 0.15) is 0 Å². The van der Waals surface area contributed by atoms with Crippen molar-refractivity contribution in [3.8, 4) is 0 Å². The molecule has 0 aliphatic carbocycles. The number of hydrogen-bond acceptors (Lipinski definition) is 2. The number of piperidine rings is 1. The molecule has 1 heterocycles. The average Bonchev–Trinajstić information content (AvgIpc) is 2.77. The lowest BCUT2D eigenvalue weighted by Crippen LogP contribution is -2.47. The zero-order valence-corrected chi connectivity index (χ0v) is 17.9. The van der Waals surface area contributed by atoms with E-state index in [9.17, 15) is 4.79 Å². The van der Waals surface area contributed by atoms with Crippen LogP contribution >= 0.6 is 0 Å². The Kier molecular flexibility index (Phi) is 6.29. The summed E-state index contributed by atoms with van der Waals surface area (Å²) in [6.45, 7) is 7.19. The monoisotopic (exact) mass is 398 g/mol. The van der Waals surface area contributed by atoms with Crippen molar-refractivity contribution in [3.05, 3.63) is 101 Å². The number of rotatable bonds is 5. The minimum absolute atomic E-state index is 0.0955. The quantitative estimate of drug-likeness (QED) is 0.557. The van der Waals surface area contributed by atoms with Crippen molar-refractivity contribution in [1.29, 1.82) is 0 Å². The molecule has 30 heavy (non-hydrogen) atoms. The van der Waals surface area contributed by atoms with Crippen molar-refractivity contribution in [2.75, 3.05) is 18.0 Å². The van der Waals surface area contributed by atoms with Crippen LogP contribution in [0.15, 0.2) is 78.9 Å². The molecule has 1 aliphatic heterocycles. The Hall–Kier alpha value is -2.91. The van der Waals surface area contributed by atoms with Crippen LogP contribution in [0.25, 0.3) is 0 Å². The van der Waals surface area contributed by atoms with E-state index in [4.69, 9.17) is 0 Å². The molecule has 0 spiro atoms. The van der Waals surface area contributed by atoms with Crippen molar-refractivity contribution in [2.45, 2.75) is 39.3 Å². The smallest absolute Gasteiger partial charge is 0.258 e. The predicted octanol–water partition coefficient (Wildman–Crippen LogP) is 5.61. The number of benzene rings is 3. The molecule has 3 nitrogen and oxygen atoms in total. The molecule has 0 saturated carbocycles. The molecule has 1 amide bonds. The third kappa shape index (κ3) is 4.80. The molecule has 3 aromatic rings. The summed E-state index contributed by atoms with van der Waals surface area (Å²) in [6.07, 6.45) is 1.97. The number of likely N-dealkylation sites (tertiary alicyclic amines) is 1. The van der Waals surface area contributed by atoms with Crippen LogP contribution in [0.1, 0.15) is 39.9 Å². The van der Waals surface area contributed by atoms with Crippen LogP contribution in [0.5, 0.6) is 0 Å². The Balaban J connectivity index is 1.50. The van der Waals surface area contributed by atoms with Crippen molar-refractivity contribution in [1.82, 2.24) is 4.90 Å². The van der Waals surface area contributed by atoms with Gasteiger partial charge in [0.25, 0.3) is 5.91 Å². The van der Waals surface area contributed by atoms with Gasteiger partial charge in [-0.3, -0.25) is 9.69 Å². The number of carbonyl (C=O) groups is 1. The lowest BCUT2D eigenvalue weighted by Gasteiger charge is -2.39. The Morgan fingerprint density at radius 2 is 1.57 bits per heavy atom. The van der Waals surface area contributed by atoms with Gasteiger partial charge in [0.2, 0.25) is 0 Å². The van der Waals surface area contributed by atoms with Gasteiger partial charge in [0.15, 0.2) is 0 Å². The minimum atomic E-state index is 0.0955. The van der Waals surface area contributed by atoms with Crippen molar-refractivity contribution >= 4 is 11.6 Å². The predicted molar refractivity (Wildman–Crippen MR) is 124 cm³/mol. The van der Waals surface area contributed by atoms with Crippen molar-refractivity contribution in [3.63, 3.8) is 0 Å². The molecular weight excluding hydrogens is 368 g/mol. The second-order valence-corrected chi connectivity index (χ2v) is 8.37. The van der Waals surface area contributed by atoms with E-state index in [1.54, 1.807) is 0 Å². The van der Waals surface area contributed by atoms with E-state index in [-0.39, 0.29) is 11.9 Å². The van der Waals surface area contributed by atoms with E-state index >= 15 is 0 Å². The van der Waals surface area contributed by atoms with Gasteiger partial charge in [0.05, 0.1) is 0 Å². The highest BCUT2D eigenvalue weighted by Gasteiger charge is 2.30. The molecule has 0 unspecified atom stereocenters. The molecule has 3 aromatic carbocycles. The molecule has 0 aromatic heterocycles. The molecule has 0 bridgehead atoms. The normalized spacial score (nSPS) is 15.1. The number of aryl methyl sites for hydroxylation is 2. The molecule has 0 N–H and O–H groups in total. The third-order valence-corrected chi connectivity index (χ3v) is 5.97. The first-order valence-corrected chi connectivity index (χ1v) is 10.8. The summed E-state index contributed by atoms with van der Waals surface area (Å²) in [7, 11) is 0. The molecule has 154 valence electrons. The molecule has 1 fully saturated rings. The maximum atomic E-state index is 13.5. The van der Waals surface area contributed by atoms with E-state index in [1.807, 2.05) is 41.3 Å². The standard InChI is InChI=1S/C27H30N2O/c1-21-11-13-23(14-12-21)20-28-17-15-25(16-18-28)29(26-10-6-7-22(2)19-26)27(30)24-8-4-3-5-9-24/h3-14,19,25H,15-18,20H2,1-2H3. The van der Waals surface area contributed by atoms with E-state index in [2.05, 4.69) is 61.2 Å². The van der Waals surface area contributed by atoms with Crippen LogP contribution in [0.2, 0.25) is 0 Å².